The molecule has 4 rings (SSSR count). The maximum absolute atomic E-state index is 11.5. The molecule has 0 bridgehead atoms. The summed E-state index contributed by atoms with van der Waals surface area (Å²) in [7, 11) is 1.33. The number of rotatable bonds is 4. The van der Waals surface area contributed by atoms with Crippen molar-refractivity contribution < 1.29 is 18.5 Å². The molecule has 0 atom stereocenters. The molecule has 2 aromatic carbocycles. The molecule has 0 aliphatic heterocycles. The number of aryl methyl sites for hydroxylation is 1. The number of methoxy groups -OCH3 is 1. The normalized spacial score (nSPS) is 10.8. The summed E-state index contributed by atoms with van der Waals surface area (Å²) < 4.78 is 10.4. The van der Waals surface area contributed by atoms with E-state index in [4.69, 9.17) is 10.5 Å². The second-order valence-corrected chi connectivity index (χ2v) is 6.17. The van der Waals surface area contributed by atoms with Crippen molar-refractivity contribution in [1.29, 1.82) is 0 Å². The van der Waals surface area contributed by atoms with Crippen molar-refractivity contribution in [3.05, 3.63) is 59.8 Å². The molecule has 8 nitrogen and oxygen atoms in total. The highest BCUT2D eigenvalue weighted by Gasteiger charge is 2.14. The molecule has 0 amide bonds. The van der Waals surface area contributed by atoms with Gasteiger partial charge in [0.1, 0.15) is 5.75 Å². The molecule has 0 spiro atoms. The van der Waals surface area contributed by atoms with E-state index in [-0.39, 0.29) is 16.0 Å². The molecular weight excluding hydrogens is 358 g/mol. The van der Waals surface area contributed by atoms with Crippen LogP contribution >= 0.6 is 0 Å². The van der Waals surface area contributed by atoms with E-state index in [1.54, 1.807) is 24.3 Å². The molecular formula is C20H23N5O3. The minimum absolute atomic E-state index is 0. The number of ether oxygens (including phenoxy) is 2. The Kier molecular flexibility index (Phi) is 4.36. The van der Waals surface area contributed by atoms with Gasteiger partial charge in [0.2, 0.25) is 5.88 Å². The third kappa shape index (κ3) is 3.35. The van der Waals surface area contributed by atoms with Crippen LogP contribution in [0.3, 0.4) is 0 Å². The molecule has 2 aromatic heterocycles. The van der Waals surface area contributed by atoms with Crippen molar-refractivity contribution in [2.24, 2.45) is 0 Å². The summed E-state index contributed by atoms with van der Waals surface area (Å²) in [6.45, 7) is 2.01. The van der Waals surface area contributed by atoms with E-state index in [1.165, 1.54) is 13.3 Å². The molecule has 0 radical (unpaired) electrons. The number of benzene rings is 2. The van der Waals surface area contributed by atoms with Crippen LogP contribution in [0.2, 0.25) is 0 Å². The van der Waals surface area contributed by atoms with Gasteiger partial charge in [0, 0.05) is 4.28 Å². The first-order chi connectivity index (χ1) is 13.5. The summed E-state index contributed by atoms with van der Waals surface area (Å²) in [6, 6.07) is 12.4. The number of hydrogen-bond acceptors (Lipinski definition) is 7. The maximum Gasteiger partial charge on any atom is 0.337 e. The lowest BCUT2D eigenvalue weighted by Crippen LogP contribution is -2.01. The Morgan fingerprint density at radius 1 is 1.14 bits per heavy atom. The summed E-state index contributed by atoms with van der Waals surface area (Å²) in [4.78, 5) is 27.8. The largest absolute Gasteiger partial charge is 0.465 e. The zero-order valence-electron chi connectivity index (χ0n) is 15.3. The molecule has 0 saturated heterocycles. The SMILES string of the molecule is COC(=O)c1ccc(Oc2cnc(N)c(-c3nc4ccc(C)cc4[nH]3)n2)cc1.[HH].[HH].[HH]. The van der Waals surface area contributed by atoms with E-state index in [9.17, 15) is 4.79 Å². The summed E-state index contributed by atoms with van der Waals surface area (Å²) in [5.74, 6) is 1.09. The second-order valence-electron chi connectivity index (χ2n) is 6.17. The molecule has 4 aromatic rings. The molecule has 0 aliphatic carbocycles. The van der Waals surface area contributed by atoms with E-state index in [0.717, 1.165) is 16.6 Å². The van der Waals surface area contributed by atoms with Crippen LogP contribution in [0, 0.1) is 6.92 Å². The lowest BCUT2D eigenvalue weighted by atomic mass is 10.2. The van der Waals surface area contributed by atoms with Crippen LogP contribution in [0.4, 0.5) is 5.82 Å². The predicted octanol–water partition coefficient (Wildman–Crippen LogP) is 4.23. The number of carbonyl (C=O) groups excluding carboxylic acids is 1. The predicted molar refractivity (Wildman–Crippen MR) is 110 cm³/mol. The zero-order valence-corrected chi connectivity index (χ0v) is 15.3. The van der Waals surface area contributed by atoms with Gasteiger partial charge in [-0.15, -0.1) is 0 Å². The Balaban J connectivity index is 0.00000160. The number of esters is 1. The van der Waals surface area contributed by atoms with Gasteiger partial charge in [-0.25, -0.2) is 19.7 Å². The number of nitrogens with one attached hydrogen (secondary N) is 1. The molecule has 2 heterocycles. The fourth-order valence-electron chi connectivity index (χ4n) is 2.74. The minimum atomic E-state index is -0.416. The van der Waals surface area contributed by atoms with E-state index >= 15 is 0 Å². The number of carbonyl (C=O) groups is 1. The van der Waals surface area contributed by atoms with Gasteiger partial charge in [-0.1, -0.05) is 6.07 Å². The Labute approximate surface area is 164 Å². The zero-order chi connectivity index (χ0) is 19.7. The highest BCUT2D eigenvalue weighted by molar-refractivity contribution is 5.89. The van der Waals surface area contributed by atoms with Gasteiger partial charge < -0.3 is 20.2 Å². The number of nitrogens with zero attached hydrogens (tertiary/aromatic N) is 3. The number of aromatic amines is 1. The van der Waals surface area contributed by atoms with Crippen LogP contribution in [0.15, 0.2) is 48.7 Å². The van der Waals surface area contributed by atoms with Gasteiger partial charge in [0.25, 0.3) is 0 Å². The summed E-state index contributed by atoms with van der Waals surface area (Å²) in [5, 5.41) is 0. The van der Waals surface area contributed by atoms with Gasteiger partial charge in [0.15, 0.2) is 17.3 Å². The van der Waals surface area contributed by atoms with Gasteiger partial charge >= 0.3 is 5.97 Å². The quantitative estimate of drug-likeness (QED) is 0.508. The van der Waals surface area contributed by atoms with E-state index in [0.29, 0.717) is 22.8 Å². The number of nitrogens with two attached hydrogens (primary N) is 1. The summed E-state index contributed by atoms with van der Waals surface area (Å²) >= 11 is 0. The van der Waals surface area contributed by atoms with Crippen LogP contribution in [0.5, 0.6) is 11.6 Å². The average Bonchev–Trinajstić information content (AvgIpc) is 3.12. The number of H-pyrrole nitrogens is 1. The third-order valence-corrected chi connectivity index (χ3v) is 4.14. The van der Waals surface area contributed by atoms with Gasteiger partial charge in [-0.05, 0) is 48.9 Å². The Hall–Kier alpha value is -3.94. The number of aromatic nitrogens is 4. The smallest absolute Gasteiger partial charge is 0.337 e. The first kappa shape index (κ1) is 17.5. The van der Waals surface area contributed by atoms with Crippen LogP contribution in [0.1, 0.15) is 20.2 Å². The molecule has 8 heteroatoms. The highest BCUT2D eigenvalue weighted by Crippen LogP contribution is 2.27. The van der Waals surface area contributed by atoms with Crippen molar-refractivity contribution in [3.63, 3.8) is 0 Å². The lowest BCUT2D eigenvalue weighted by Gasteiger charge is -2.07. The third-order valence-electron chi connectivity index (χ3n) is 4.14. The van der Waals surface area contributed by atoms with Crippen molar-refractivity contribution in [1.82, 2.24) is 19.9 Å². The highest BCUT2D eigenvalue weighted by atomic mass is 16.5. The number of imidazole rings is 1. The number of nitrogen functional groups attached to an aromatic ring is 1. The van der Waals surface area contributed by atoms with Crippen molar-refractivity contribution in [3.8, 4) is 23.1 Å². The van der Waals surface area contributed by atoms with Crippen molar-refractivity contribution in [2.75, 3.05) is 12.8 Å². The van der Waals surface area contributed by atoms with Crippen molar-refractivity contribution in [2.45, 2.75) is 6.92 Å². The molecule has 0 aliphatic rings. The fourth-order valence-corrected chi connectivity index (χ4v) is 2.74. The standard InChI is InChI=1S/C20H17N5O3.3H2/c1-11-3-8-14-15(9-11)24-19(23-14)17-18(21)22-10-16(25-17)28-13-6-4-12(5-7-13)20(26)27-2;;;/h3-10H,1-2H3,(H2,21,22)(H,23,24);3*1H. The van der Waals surface area contributed by atoms with Crippen LogP contribution in [-0.2, 0) is 4.74 Å². The van der Waals surface area contributed by atoms with E-state index in [2.05, 4.69) is 24.7 Å². The Bertz CT molecular complexity index is 1180. The lowest BCUT2D eigenvalue weighted by molar-refractivity contribution is 0.0600. The molecule has 146 valence electrons. The fraction of sp³-hybridized carbons (Fsp3) is 0.100. The molecule has 0 fully saturated rings. The average molecular weight is 381 g/mol. The first-order valence-corrected chi connectivity index (χ1v) is 8.49. The number of fused-ring (bicyclic) bond motifs is 1. The maximum atomic E-state index is 11.5. The van der Waals surface area contributed by atoms with Gasteiger partial charge in [-0.2, -0.15) is 0 Å². The van der Waals surface area contributed by atoms with E-state index in [1.807, 2.05) is 25.1 Å². The van der Waals surface area contributed by atoms with Gasteiger partial charge in [-0.3, -0.25) is 0 Å². The summed E-state index contributed by atoms with van der Waals surface area (Å²) in [6.07, 6.45) is 1.43. The first-order valence-electron chi connectivity index (χ1n) is 8.49. The molecule has 3 N–H and O–H groups in total. The monoisotopic (exact) mass is 381 g/mol. The number of hydrogen-bond donors (Lipinski definition) is 2. The van der Waals surface area contributed by atoms with Crippen LogP contribution < -0.4 is 10.5 Å². The van der Waals surface area contributed by atoms with Crippen LogP contribution in [0.25, 0.3) is 22.6 Å². The van der Waals surface area contributed by atoms with Crippen LogP contribution in [-0.4, -0.2) is 33.0 Å². The van der Waals surface area contributed by atoms with E-state index < -0.39 is 5.97 Å². The van der Waals surface area contributed by atoms with Crippen molar-refractivity contribution >= 4 is 22.8 Å². The summed E-state index contributed by atoms with van der Waals surface area (Å²) in [5.41, 5.74) is 9.64. The Morgan fingerprint density at radius 2 is 1.93 bits per heavy atom. The Morgan fingerprint density at radius 3 is 2.68 bits per heavy atom. The minimum Gasteiger partial charge on any atom is -0.465 e. The number of anilines is 1. The second kappa shape index (κ2) is 6.99. The topological polar surface area (TPSA) is 116 Å². The molecule has 28 heavy (non-hydrogen) atoms. The molecule has 0 saturated carbocycles. The molecule has 0 unspecified atom stereocenters. The van der Waals surface area contributed by atoms with Gasteiger partial charge in [0.05, 0.1) is 29.9 Å².